The lowest BCUT2D eigenvalue weighted by atomic mass is 10.1. The quantitative estimate of drug-likeness (QED) is 0.800. The van der Waals surface area contributed by atoms with Crippen molar-refractivity contribution in [2.75, 3.05) is 13.1 Å². The van der Waals surface area contributed by atoms with Crippen molar-refractivity contribution in [1.29, 1.82) is 0 Å². The number of benzene rings is 1. The standard InChI is InChI=1S/C16H19N3O/c1-3-9-18-11-12(10-15(18)20)16-17-13-7-5-6-8-14(13)19(16)4-2/h3,5-8,12H,1,4,9-11H2,2H3. The van der Waals surface area contributed by atoms with Crippen LogP contribution in [-0.2, 0) is 11.3 Å². The zero-order valence-electron chi connectivity index (χ0n) is 11.7. The number of para-hydroxylation sites is 2. The molecule has 1 amide bonds. The molecule has 2 aromatic rings. The second kappa shape index (κ2) is 5.12. The number of hydrogen-bond acceptors (Lipinski definition) is 2. The zero-order chi connectivity index (χ0) is 14.1. The number of carbonyl (C=O) groups is 1. The molecule has 2 heterocycles. The van der Waals surface area contributed by atoms with E-state index in [2.05, 4.69) is 24.1 Å². The van der Waals surface area contributed by atoms with E-state index in [1.165, 1.54) is 0 Å². The van der Waals surface area contributed by atoms with Crippen molar-refractivity contribution >= 4 is 16.9 Å². The van der Waals surface area contributed by atoms with E-state index >= 15 is 0 Å². The summed E-state index contributed by atoms with van der Waals surface area (Å²) in [6, 6.07) is 8.16. The van der Waals surface area contributed by atoms with Gasteiger partial charge in [-0.05, 0) is 19.1 Å². The Hall–Kier alpha value is -2.10. The minimum Gasteiger partial charge on any atom is -0.338 e. The summed E-state index contributed by atoms with van der Waals surface area (Å²) in [5.74, 6) is 1.42. The van der Waals surface area contributed by atoms with E-state index in [1.54, 1.807) is 6.08 Å². The van der Waals surface area contributed by atoms with Crippen molar-refractivity contribution in [1.82, 2.24) is 14.5 Å². The molecule has 4 nitrogen and oxygen atoms in total. The summed E-state index contributed by atoms with van der Waals surface area (Å²) in [5.41, 5.74) is 2.17. The number of nitrogens with zero attached hydrogens (tertiary/aromatic N) is 3. The van der Waals surface area contributed by atoms with Gasteiger partial charge in [-0.1, -0.05) is 18.2 Å². The van der Waals surface area contributed by atoms with Crippen LogP contribution < -0.4 is 0 Å². The maximum absolute atomic E-state index is 12.0. The van der Waals surface area contributed by atoms with E-state index in [-0.39, 0.29) is 11.8 Å². The van der Waals surface area contributed by atoms with E-state index in [0.29, 0.717) is 13.0 Å². The fourth-order valence-electron chi connectivity index (χ4n) is 3.02. The van der Waals surface area contributed by atoms with Crippen molar-refractivity contribution in [2.24, 2.45) is 0 Å². The highest BCUT2D eigenvalue weighted by atomic mass is 16.2. The van der Waals surface area contributed by atoms with Crippen LogP contribution >= 0.6 is 0 Å². The highest BCUT2D eigenvalue weighted by Crippen LogP contribution is 2.30. The topological polar surface area (TPSA) is 38.1 Å². The van der Waals surface area contributed by atoms with Crippen LogP contribution in [-0.4, -0.2) is 33.4 Å². The van der Waals surface area contributed by atoms with E-state index in [0.717, 1.165) is 29.9 Å². The Kier molecular flexibility index (Phi) is 3.30. The average Bonchev–Trinajstić information content (AvgIpc) is 3.00. The molecule has 1 aliphatic heterocycles. The SMILES string of the molecule is C=CCN1CC(c2nc3ccccc3n2CC)CC1=O. The molecule has 0 N–H and O–H groups in total. The third-order valence-electron chi connectivity index (χ3n) is 3.93. The number of imidazole rings is 1. The van der Waals surface area contributed by atoms with Crippen molar-refractivity contribution in [3.8, 4) is 0 Å². The maximum Gasteiger partial charge on any atom is 0.223 e. The predicted molar refractivity (Wildman–Crippen MR) is 79.5 cm³/mol. The molecule has 104 valence electrons. The Labute approximate surface area is 118 Å². The Balaban J connectivity index is 1.98. The van der Waals surface area contributed by atoms with Crippen molar-refractivity contribution < 1.29 is 4.79 Å². The predicted octanol–water partition coefficient (Wildman–Crippen LogP) is 2.56. The maximum atomic E-state index is 12.0. The molecule has 4 heteroatoms. The molecular formula is C16H19N3O. The van der Waals surface area contributed by atoms with Crippen LogP contribution in [0.4, 0.5) is 0 Å². The Bertz CT molecular complexity index is 659. The number of likely N-dealkylation sites (tertiary alicyclic amines) is 1. The van der Waals surface area contributed by atoms with Crippen molar-refractivity contribution in [3.05, 3.63) is 42.7 Å². The van der Waals surface area contributed by atoms with Crippen LogP contribution in [0.1, 0.15) is 25.1 Å². The summed E-state index contributed by atoms with van der Waals surface area (Å²) >= 11 is 0. The normalized spacial score (nSPS) is 18.9. The Morgan fingerprint density at radius 2 is 2.25 bits per heavy atom. The molecule has 0 saturated carbocycles. The van der Waals surface area contributed by atoms with Gasteiger partial charge >= 0.3 is 0 Å². The lowest BCUT2D eigenvalue weighted by Crippen LogP contribution is -2.25. The van der Waals surface area contributed by atoms with E-state index in [1.807, 2.05) is 23.1 Å². The second-order valence-corrected chi connectivity index (χ2v) is 5.19. The van der Waals surface area contributed by atoms with Crippen LogP contribution in [0, 0.1) is 0 Å². The van der Waals surface area contributed by atoms with Gasteiger partial charge in [-0.15, -0.1) is 6.58 Å². The number of aryl methyl sites for hydroxylation is 1. The summed E-state index contributed by atoms with van der Waals surface area (Å²) in [6.07, 6.45) is 2.33. The third kappa shape index (κ3) is 2.01. The minimum absolute atomic E-state index is 0.190. The third-order valence-corrected chi connectivity index (χ3v) is 3.93. The van der Waals surface area contributed by atoms with Crippen LogP contribution in [0.25, 0.3) is 11.0 Å². The molecule has 0 aliphatic carbocycles. The molecule has 1 atom stereocenters. The van der Waals surface area contributed by atoms with Gasteiger partial charge in [0.05, 0.1) is 11.0 Å². The van der Waals surface area contributed by atoms with Gasteiger partial charge in [-0.3, -0.25) is 4.79 Å². The molecule has 1 aromatic heterocycles. The first-order valence-corrected chi connectivity index (χ1v) is 7.08. The molecule has 3 rings (SSSR count). The van der Waals surface area contributed by atoms with Crippen LogP contribution in [0.3, 0.4) is 0 Å². The van der Waals surface area contributed by atoms with Gasteiger partial charge in [-0.25, -0.2) is 4.98 Å². The average molecular weight is 269 g/mol. The molecule has 0 radical (unpaired) electrons. The van der Waals surface area contributed by atoms with Gasteiger partial charge in [0.15, 0.2) is 0 Å². The zero-order valence-corrected chi connectivity index (χ0v) is 11.7. The van der Waals surface area contributed by atoms with Gasteiger partial charge in [0.1, 0.15) is 5.82 Å². The fourth-order valence-corrected chi connectivity index (χ4v) is 3.02. The molecule has 20 heavy (non-hydrogen) atoms. The molecule has 0 spiro atoms. The molecule has 1 unspecified atom stereocenters. The molecule has 1 aromatic carbocycles. The van der Waals surface area contributed by atoms with E-state index in [9.17, 15) is 4.79 Å². The smallest absolute Gasteiger partial charge is 0.223 e. The van der Waals surface area contributed by atoms with Crippen molar-refractivity contribution in [2.45, 2.75) is 25.8 Å². The van der Waals surface area contributed by atoms with Gasteiger partial charge in [0, 0.05) is 32.0 Å². The lowest BCUT2D eigenvalue weighted by Gasteiger charge is -2.14. The fraction of sp³-hybridized carbons (Fsp3) is 0.375. The summed E-state index contributed by atoms with van der Waals surface area (Å²) < 4.78 is 2.23. The molecule has 1 saturated heterocycles. The van der Waals surface area contributed by atoms with Gasteiger partial charge in [0.25, 0.3) is 0 Å². The minimum atomic E-state index is 0.190. The number of aromatic nitrogens is 2. The summed E-state index contributed by atoms with van der Waals surface area (Å²) in [5, 5.41) is 0. The number of fused-ring (bicyclic) bond motifs is 1. The van der Waals surface area contributed by atoms with Gasteiger partial charge in [-0.2, -0.15) is 0 Å². The van der Waals surface area contributed by atoms with E-state index in [4.69, 9.17) is 4.98 Å². The van der Waals surface area contributed by atoms with Gasteiger partial charge < -0.3 is 9.47 Å². The molecule has 0 bridgehead atoms. The Morgan fingerprint density at radius 1 is 1.45 bits per heavy atom. The number of carbonyl (C=O) groups excluding carboxylic acids is 1. The molecule has 1 fully saturated rings. The molecular weight excluding hydrogens is 250 g/mol. The summed E-state index contributed by atoms with van der Waals surface area (Å²) in [4.78, 5) is 18.6. The van der Waals surface area contributed by atoms with Gasteiger partial charge in [0.2, 0.25) is 5.91 Å². The summed E-state index contributed by atoms with van der Waals surface area (Å²) in [6.45, 7) is 8.08. The number of hydrogen-bond donors (Lipinski definition) is 0. The van der Waals surface area contributed by atoms with Crippen molar-refractivity contribution in [3.63, 3.8) is 0 Å². The monoisotopic (exact) mass is 269 g/mol. The van der Waals surface area contributed by atoms with Crippen LogP contribution in [0.5, 0.6) is 0 Å². The first-order chi connectivity index (χ1) is 9.74. The second-order valence-electron chi connectivity index (χ2n) is 5.19. The largest absolute Gasteiger partial charge is 0.338 e. The lowest BCUT2D eigenvalue weighted by molar-refractivity contribution is -0.127. The first-order valence-electron chi connectivity index (χ1n) is 7.08. The van der Waals surface area contributed by atoms with E-state index < -0.39 is 0 Å². The van der Waals surface area contributed by atoms with Crippen LogP contribution in [0.15, 0.2) is 36.9 Å². The number of rotatable bonds is 4. The number of amides is 1. The molecule has 1 aliphatic rings. The Morgan fingerprint density at radius 3 is 3.00 bits per heavy atom. The first kappa shape index (κ1) is 12.9. The highest BCUT2D eigenvalue weighted by Gasteiger charge is 2.32. The highest BCUT2D eigenvalue weighted by molar-refractivity contribution is 5.81. The van der Waals surface area contributed by atoms with Crippen LogP contribution in [0.2, 0.25) is 0 Å². The summed E-state index contributed by atoms with van der Waals surface area (Å²) in [7, 11) is 0.